The molecule has 0 radical (unpaired) electrons. The first kappa shape index (κ1) is 18.6. The lowest BCUT2D eigenvalue weighted by Crippen LogP contribution is -2.48. The number of hydrogen-bond donors (Lipinski definition) is 2. The predicted octanol–water partition coefficient (Wildman–Crippen LogP) is 2.18. The van der Waals surface area contributed by atoms with E-state index in [0.29, 0.717) is 6.04 Å². The zero-order valence-corrected chi connectivity index (χ0v) is 16.6. The van der Waals surface area contributed by atoms with Gasteiger partial charge in [-0.15, -0.1) is 24.0 Å². The molecule has 0 bridgehead atoms. The van der Waals surface area contributed by atoms with Crippen LogP contribution in [0.5, 0.6) is 0 Å². The summed E-state index contributed by atoms with van der Waals surface area (Å²) < 4.78 is 2.14. The van der Waals surface area contributed by atoms with Crippen LogP contribution in [0.15, 0.2) is 23.3 Å². The van der Waals surface area contributed by atoms with Crippen molar-refractivity contribution in [2.24, 2.45) is 18.0 Å². The number of nitrogens with one attached hydrogen (secondary N) is 2. The molecule has 0 amide bonds. The van der Waals surface area contributed by atoms with Gasteiger partial charge in [0.05, 0.1) is 6.54 Å². The molecule has 1 saturated carbocycles. The Morgan fingerprint density at radius 2 is 2.00 bits per heavy atom. The van der Waals surface area contributed by atoms with Crippen molar-refractivity contribution in [2.75, 3.05) is 26.7 Å². The van der Waals surface area contributed by atoms with E-state index in [2.05, 4.69) is 50.5 Å². The summed E-state index contributed by atoms with van der Waals surface area (Å²) in [4.78, 5) is 7.00. The van der Waals surface area contributed by atoms with Crippen molar-refractivity contribution in [1.29, 1.82) is 0 Å². The lowest BCUT2D eigenvalue weighted by Gasteiger charge is -2.33. The number of aromatic nitrogens is 1. The number of hydrogen-bond acceptors (Lipinski definition) is 2. The summed E-state index contributed by atoms with van der Waals surface area (Å²) in [7, 11) is 3.92. The SMILES string of the molecule is CN=C(NCc1cccn1C)NC1CCN(CC2CC2)CC1.I. The van der Waals surface area contributed by atoms with E-state index in [0.717, 1.165) is 18.4 Å². The van der Waals surface area contributed by atoms with E-state index >= 15 is 0 Å². The number of nitrogens with zero attached hydrogens (tertiary/aromatic N) is 3. The minimum atomic E-state index is 0. The van der Waals surface area contributed by atoms with E-state index in [4.69, 9.17) is 0 Å². The average molecular weight is 431 g/mol. The Bertz CT molecular complexity index is 501. The van der Waals surface area contributed by atoms with Gasteiger partial charge in [0.1, 0.15) is 0 Å². The fourth-order valence-electron chi connectivity index (χ4n) is 3.17. The van der Waals surface area contributed by atoms with Gasteiger partial charge in [0.25, 0.3) is 0 Å². The molecule has 0 atom stereocenters. The third kappa shape index (κ3) is 5.67. The van der Waals surface area contributed by atoms with Crippen molar-refractivity contribution in [3.05, 3.63) is 24.0 Å². The normalized spacial score (nSPS) is 20.2. The Labute approximate surface area is 156 Å². The van der Waals surface area contributed by atoms with Crippen LogP contribution in [-0.4, -0.2) is 48.2 Å². The van der Waals surface area contributed by atoms with Crippen LogP contribution in [0.1, 0.15) is 31.4 Å². The van der Waals surface area contributed by atoms with Crippen LogP contribution in [0.3, 0.4) is 0 Å². The first-order valence-electron chi connectivity index (χ1n) is 8.54. The standard InChI is InChI=1S/C17H29N5.HI/c1-18-17(19-12-16-4-3-9-21(16)2)20-15-7-10-22(11-8-15)13-14-5-6-14;/h3-4,9,14-15H,5-8,10-13H2,1-2H3,(H2,18,19,20);1H. The molecule has 1 aromatic rings. The summed E-state index contributed by atoms with van der Waals surface area (Å²) in [5.74, 6) is 1.92. The summed E-state index contributed by atoms with van der Waals surface area (Å²) in [6.45, 7) is 4.59. The monoisotopic (exact) mass is 431 g/mol. The van der Waals surface area contributed by atoms with E-state index in [9.17, 15) is 0 Å². The summed E-state index contributed by atoms with van der Waals surface area (Å²) in [6, 6.07) is 4.76. The molecule has 2 heterocycles. The predicted molar refractivity (Wildman–Crippen MR) is 106 cm³/mol. The molecule has 1 aliphatic carbocycles. The van der Waals surface area contributed by atoms with Crippen LogP contribution in [0.25, 0.3) is 0 Å². The van der Waals surface area contributed by atoms with Gasteiger partial charge in [-0.3, -0.25) is 4.99 Å². The number of aryl methyl sites for hydroxylation is 1. The third-order valence-electron chi connectivity index (χ3n) is 4.85. The van der Waals surface area contributed by atoms with Gasteiger partial charge in [-0.2, -0.15) is 0 Å². The summed E-state index contributed by atoms with van der Waals surface area (Å²) in [6.07, 6.45) is 7.42. The van der Waals surface area contributed by atoms with E-state index < -0.39 is 0 Å². The second-order valence-corrected chi connectivity index (χ2v) is 6.70. The van der Waals surface area contributed by atoms with Crippen molar-refractivity contribution >= 4 is 29.9 Å². The third-order valence-corrected chi connectivity index (χ3v) is 4.85. The van der Waals surface area contributed by atoms with Crippen LogP contribution in [0.2, 0.25) is 0 Å². The molecule has 5 nitrogen and oxygen atoms in total. The van der Waals surface area contributed by atoms with E-state index in [1.807, 2.05) is 7.05 Å². The van der Waals surface area contributed by atoms with Gasteiger partial charge >= 0.3 is 0 Å². The van der Waals surface area contributed by atoms with Crippen molar-refractivity contribution in [3.63, 3.8) is 0 Å². The topological polar surface area (TPSA) is 44.6 Å². The lowest BCUT2D eigenvalue weighted by molar-refractivity contribution is 0.198. The lowest BCUT2D eigenvalue weighted by atomic mass is 10.0. The van der Waals surface area contributed by atoms with Gasteiger partial charge < -0.3 is 20.1 Å². The molecule has 1 aromatic heterocycles. The second kappa shape index (κ2) is 8.92. The zero-order chi connectivity index (χ0) is 15.4. The Morgan fingerprint density at radius 3 is 2.57 bits per heavy atom. The van der Waals surface area contributed by atoms with Gasteiger partial charge in [-0.25, -0.2) is 0 Å². The smallest absolute Gasteiger partial charge is 0.191 e. The highest BCUT2D eigenvalue weighted by Gasteiger charge is 2.27. The fourth-order valence-corrected chi connectivity index (χ4v) is 3.17. The molecule has 130 valence electrons. The molecule has 0 aromatic carbocycles. The maximum atomic E-state index is 4.36. The average Bonchev–Trinajstić information content (AvgIpc) is 3.25. The largest absolute Gasteiger partial charge is 0.354 e. The molecule has 1 saturated heterocycles. The van der Waals surface area contributed by atoms with Gasteiger partial charge in [0, 0.05) is 51.7 Å². The van der Waals surface area contributed by atoms with E-state index in [1.165, 1.54) is 51.0 Å². The van der Waals surface area contributed by atoms with E-state index in [1.54, 1.807) is 0 Å². The molecule has 1 aliphatic heterocycles. The molecule has 0 spiro atoms. The maximum absolute atomic E-state index is 4.36. The Hall–Kier alpha value is -0.760. The Kier molecular flexibility index (Phi) is 7.20. The molecule has 2 aliphatic rings. The van der Waals surface area contributed by atoms with Crippen molar-refractivity contribution < 1.29 is 0 Å². The molecular weight excluding hydrogens is 401 g/mol. The van der Waals surface area contributed by atoms with Crippen LogP contribution >= 0.6 is 24.0 Å². The molecule has 6 heteroatoms. The molecule has 3 rings (SSSR count). The van der Waals surface area contributed by atoms with Crippen LogP contribution in [-0.2, 0) is 13.6 Å². The molecule has 23 heavy (non-hydrogen) atoms. The minimum Gasteiger partial charge on any atom is -0.354 e. The van der Waals surface area contributed by atoms with Crippen molar-refractivity contribution in [3.8, 4) is 0 Å². The first-order valence-corrected chi connectivity index (χ1v) is 8.54. The number of guanidine groups is 1. The van der Waals surface area contributed by atoms with Crippen molar-refractivity contribution in [2.45, 2.75) is 38.3 Å². The maximum Gasteiger partial charge on any atom is 0.191 e. The minimum absolute atomic E-state index is 0. The quantitative estimate of drug-likeness (QED) is 0.427. The Morgan fingerprint density at radius 1 is 1.26 bits per heavy atom. The zero-order valence-electron chi connectivity index (χ0n) is 14.3. The van der Waals surface area contributed by atoms with Crippen LogP contribution in [0, 0.1) is 5.92 Å². The fraction of sp³-hybridized carbons (Fsp3) is 0.706. The number of aliphatic imine (C=N–C) groups is 1. The molecular formula is C17H30IN5. The first-order chi connectivity index (χ1) is 10.7. The highest BCUT2D eigenvalue weighted by Crippen LogP contribution is 2.30. The molecule has 2 N–H and O–H groups in total. The van der Waals surface area contributed by atoms with E-state index in [-0.39, 0.29) is 24.0 Å². The number of likely N-dealkylation sites (tertiary alicyclic amines) is 1. The van der Waals surface area contributed by atoms with Gasteiger partial charge in [0.2, 0.25) is 0 Å². The highest BCUT2D eigenvalue weighted by atomic mass is 127. The molecule has 2 fully saturated rings. The number of halogens is 1. The van der Waals surface area contributed by atoms with Crippen LogP contribution in [0.4, 0.5) is 0 Å². The summed E-state index contributed by atoms with van der Waals surface area (Å²) >= 11 is 0. The van der Waals surface area contributed by atoms with Gasteiger partial charge in [0.15, 0.2) is 5.96 Å². The highest BCUT2D eigenvalue weighted by molar-refractivity contribution is 14.0. The summed E-state index contributed by atoms with van der Waals surface area (Å²) in [5.41, 5.74) is 1.27. The number of rotatable bonds is 5. The van der Waals surface area contributed by atoms with Gasteiger partial charge in [-0.1, -0.05) is 0 Å². The summed E-state index contributed by atoms with van der Waals surface area (Å²) in [5, 5.41) is 7.00. The van der Waals surface area contributed by atoms with Crippen LogP contribution < -0.4 is 10.6 Å². The van der Waals surface area contributed by atoms with Gasteiger partial charge in [-0.05, 0) is 43.7 Å². The second-order valence-electron chi connectivity index (χ2n) is 6.70. The number of piperidine rings is 1. The molecule has 0 unspecified atom stereocenters. The Balaban J connectivity index is 0.00000192. The van der Waals surface area contributed by atoms with Crippen molar-refractivity contribution in [1.82, 2.24) is 20.1 Å².